The van der Waals surface area contributed by atoms with Gasteiger partial charge in [0.25, 0.3) is 5.91 Å². The van der Waals surface area contributed by atoms with Crippen LogP contribution in [0.25, 0.3) is 16.9 Å². The lowest BCUT2D eigenvalue weighted by Crippen LogP contribution is -2.17. The third-order valence-corrected chi connectivity index (χ3v) is 8.49. The number of aryl methyl sites for hydroxylation is 1. The number of methoxy groups -OCH3 is 1. The number of nitrogens with one attached hydrogen (secondary N) is 1. The minimum absolute atomic E-state index is 0.0123. The van der Waals surface area contributed by atoms with Crippen molar-refractivity contribution in [3.8, 4) is 17.0 Å². The number of thiophene rings is 1. The number of amides is 1. The van der Waals surface area contributed by atoms with E-state index in [2.05, 4.69) is 31.3 Å². The van der Waals surface area contributed by atoms with Crippen molar-refractivity contribution >= 4 is 49.8 Å². The highest BCUT2D eigenvalue weighted by atomic mass is 79.9. The fourth-order valence-corrected chi connectivity index (χ4v) is 6.45. The molecule has 5 rings (SSSR count). The number of hydrogen-bond donors (Lipinski definition) is 1. The Morgan fingerprint density at radius 1 is 1.15 bits per heavy atom. The summed E-state index contributed by atoms with van der Waals surface area (Å²) in [6.07, 6.45) is -0.432. The molecular weight excluding hydrogens is 613 g/mol. The summed E-state index contributed by atoms with van der Waals surface area (Å²) in [6, 6.07) is 7.29. The molecule has 1 aliphatic rings. The molecule has 0 aliphatic heterocycles. The van der Waals surface area contributed by atoms with Crippen LogP contribution in [0.4, 0.5) is 18.2 Å². The smallest absolute Gasteiger partial charge is 0.433 e. The Bertz CT molecular complexity index is 1600. The lowest BCUT2D eigenvalue weighted by atomic mass is 10.1. The van der Waals surface area contributed by atoms with E-state index in [9.17, 15) is 22.8 Å². The van der Waals surface area contributed by atoms with Gasteiger partial charge in [-0.05, 0) is 84.4 Å². The minimum atomic E-state index is -4.79. The molecule has 0 bridgehead atoms. The predicted octanol–water partition coefficient (Wildman–Crippen LogP) is 6.95. The Balaban J connectivity index is 1.57. The first kappa shape index (κ1) is 28.1. The second kappa shape index (κ2) is 11.2. The average molecular weight is 637 g/mol. The van der Waals surface area contributed by atoms with E-state index >= 15 is 0 Å². The van der Waals surface area contributed by atoms with Gasteiger partial charge in [0.15, 0.2) is 17.0 Å². The number of anilines is 1. The number of carbonyl (C=O) groups excluding carboxylic acids is 2. The normalized spacial score (nSPS) is 13.6. The van der Waals surface area contributed by atoms with Gasteiger partial charge in [-0.1, -0.05) is 6.42 Å². The van der Waals surface area contributed by atoms with Crippen molar-refractivity contribution in [2.75, 3.05) is 19.0 Å². The fraction of sp³-hybridized carbons (Fsp3) is 0.333. The maximum atomic E-state index is 14.1. The van der Waals surface area contributed by atoms with Crippen molar-refractivity contribution in [3.05, 3.63) is 62.2 Å². The van der Waals surface area contributed by atoms with Crippen LogP contribution in [0.5, 0.6) is 5.75 Å². The minimum Gasteiger partial charge on any atom is -0.497 e. The molecule has 210 valence electrons. The summed E-state index contributed by atoms with van der Waals surface area (Å²) in [5.41, 5.74) is 0.0387. The van der Waals surface area contributed by atoms with Crippen LogP contribution < -0.4 is 10.1 Å². The molecule has 1 N–H and O–H groups in total. The van der Waals surface area contributed by atoms with Crippen molar-refractivity contribution < 1.29 is 32.2 Å². The zero-order valence-corrected chi connectivity index (χ0v) is 23.9. The molecule has 40 heavy (non-hydrogen) atoms. The first-order valence-electron chi connectivity index (χ1n) is 12.6. The maximum absolute atomic E-state index is 14.1. The zero-order chi connectivity index (χ0) is 28.6. The summed E-state index contributed by atoms with van der Waals surface area (Å²) >= 11 is 4.54. The number of carbonyl (C=O) groups is 2. The summed E-state index contributed by atoms with van der Waals surface area (Å²) in [7, 11) is 1.49. The summed E-state index contributed by atoms with van der Waals surface area (Å²) < 4.78 is 53.3. The van der Waals surface area contributed by atoms with E-state index in [4.69, 9.17) is 9.47 Å². The molecule has 1 aromatic carbocycles. The molecule has 0 radical (unpaired) electrons. The molecule has 13 heteroatoms. The molecule has 1 aliphatic carbocycles. The largest absolute Gasteiger partial charge is 0.497 e. The van der Waals surface area contributed by atoms with Crippen molar-refractivity contribution in [1.29, 1.82) is 0 Å². The van der Waals surface area contributed by atoms with Crippen LogP contribution in [0.3, 0.4) is 0 Å². The van der Waals surface area contributed by atoms with E-state index < -0.39 is 23.7 Å². The number of hydrogen-bond acceptors (Lipinski definition) is 7. The number of aromatic nitrogens is 3. The lowest BCUT2D eigenvalue weighted by molar-refractivity contribution is -0.142. The molecule has 0 fully saturated rings. The van der Waals surface area contributed by atoms with E-state index in [0.29, 0.717) is 32.8 Å². The number of alkyl halides is 3. The SMILES string of the molecule is CCOC(=O)c1c(NC(=O)c2nn3c(C(F)(F)F)cc(-c4ccc(OC)cc4)nc3c2Br)sc2c1CCCCC2. The Morgan fingerprint density at radius 2 is 1.88 bits per heavy atom. The molecule has 0 saturated carbocycles. The number of benzene rings is 1. The second-order valence-electron chi connectivity index (χ2n) is 9.09. The van der Waals surface area contributed by atoms with Gasteiger partial charge in [0.2, 0.25) is 0 Å². The summed E-state index contributed by atoms with van der Waals surface area (Å²) in [5.74, 6) is -0.784. The summed E-state index contributed by atoms with van der Waals surface area (Å²) in [5, 5.41) is 6.99. The van der Waals surface area contributed by atoms with E-state index in [1.165, 1.54) is 18.4 Å². The van der Waals surface area contributed by atoms with Gasteiger partial charge in [0.1, 0.15) is 10.8 Å². The first-order chi connectivity index (χ1) is 19.1. The van der Waals surface area contributed by atoms with Crippen LogP contribution in [0, 0.1) is 0 Å². The first-order valence-corrected chi connectivity index (χ1v) is 14.2. The van der Waals surface area contributed by atoms with E-state index in [1.807, 2.05) is 0 Å². The highest BCUT2D eigenvalue weighted by Gasteiger charge is 2.37. The van der Waals surface area contributed by atoms with Crippen molar-refractivity contribution in [2.24, 2.45) is 0 Å². The molecule has 3 aromatic heterocycles. The molecule has 0 atom stereocenters. The van der Waals surface area contributed by atoms with Crippen LogP contribution in [-0.2, 0) is 23.8 Å². The van der Waals surface area contributed by atoms with Gasteiger partial charge in [0.05, 0.1) is 29.4 Å². The number of esters is 1. The molecule has 0 unspecified atom stereocenters. The molecule has 8 nitrogen and oxygen atoms in total. The highest BCUT2D eigenvalue weighted by molar-refractivity contribution is 9.10. The second-order valence-corrected chi connectivity index (χ2v) is 11.0. The van der Waals surface area contributed by atoms with Gasteiger partial charge in [0, 0.05) is 10.4 Å². The van der Waals surface area contributed by atoms with E-state index in [-0.39, 0.29) is 28.1 Å². The quantitative estimate of drug-likeness (QED) is 0.182. The van der Waals surface area contributed by atoms with Gasteiger partial charge >= 0.3 is 12.1 Å². The number of rotatable bonds is 6. The van der Waals surface area contributed by atoms with Gasteiger partial charge < -0.3 is 14.8 Å². The predicted molar refractivity (Wildman–Crippen MR) is 147 cm³/mol. The number of ether oxygens (including phenoxy) is 2. The van der Waals surface area contributed by atoms with Gasteiger partial charge in [-0.2, -0.15) is 18.3 Å². The van der Waals surface area contributed by atoms with Gasteiger partial charge in [-0.3, -0.25) is 4.79 Å². The third kappa shape index (κ3) is 5.31. The molecule has 0 spiro atoms. The zero-order valence-electron chi connectivity index (χ0n) is 21.5. The Labute approximate surface area is 239 Å². The Morgan fingerprint density at radius 3 is 2.55 bits per heavy atom. The Hall–Kier alpha value is -3.45. The third-order valence-electron chi connectivity index (χ3n) is 6.55. The van der Waals surface area contributed by atoms with Crippen molar-refractivity contribution in [3.63, 3.8) is 0 Å². The summed E-state index contributed by atoms with van der Waals surface area (Å²) in [4.78, 5) is 31.7. The van der Waals surface area contributed by atoms with Crippen LogP contribution in [0.2, 0.25) is 0 Å². The topological polar surface area (TPSA) is 94.8 Å². The molecule has 3 heterocycles. The van der Waals surface area contributed by atoms with Crippen LogP contribution in [-0.4, -0.2) is 40.2 Å². The standard InChI is InChI=1S/C27H24BrF3N4O4S/c1-3-39-26(37)20-16-7-5-4-6-8-18(16)40-25(20)33-24(36)22-21(28)23-32-17(14-9-11-15(38-2)12-10-14)13-19(27(29,30)31)35(23)34-22/h9-13H,3-8H2,1-2H3,(H,33,36). The summed E-state index contributed by atoms with van der Waals surface area (Å²) in [6.45, 7) is 1.86. The highest BCUT2D eigenvalue weighted by Crippen LogP contribution is 2.39. The van der Waals surface area contributed by atoms with Crippen LogP contribution in [0.1, 0.15) is 63.2 Å². The molecule has 4 aromatic rings. The van der Waals surface area contributed by atoms with Crippen molar-refractivity contribution in [1.82, 2.24) is 14.6 Å². The van der Waals surface area contributed by atoms with Crippen LogP contribution >= 0.6 is 27.3 Å². The lowest BCUT2D eigenvalue weighted by Gasteiger charge is -2.11. The monoisotopic (exact) mass is 636 g/mol. The molecular formula is C27H24BrF3N4O4S. The molecule has 0 saturated heterocycles. The fourth-order valence-electron chi connectivity index (χ4n) is 4.66. The van der Waals surface area contributed by atoms with Gasteiger partial charge in [-0.25, -0.2) is 14.3 Å². The molecule has 1 amide bonds. The van der Waals surface area contributed by atoms with Gasteiger partial charge in [-0.15, -0.1) is 11.3 Å². The van der Waals surface area contributed by atoms with Crippen molar-refractivity contribution in [2.45, 2.75) is 45.2 Å². The number of halogens is 4. The Kier molecular flexibility index (Phi) is 7.87. The van der Waals surface area contributed by atoms with Crippen LogP contribution in [0.15, 0.2) is 34.8 Å². The average Bonchev–Trinajstić information content (AvgIpc) is 3.34. The van der Waals surface area contributed by atoms with E-state index in [1.54, 1.807) is 31.2 Å². The maximum Gasteiger partial charge on any atom is 0.433 e. The van der Waals surface area contributed by atoms with E-state index in [0.717, 1.165) is 42.2 Å². The number of fused-ring (bicyclic) bond motifs is 2. The number of nitrogens with zero attached hydrogens (tertiary/aromatic N) is 3.